The molecule has 2 nitrogen and oxygen atoms in total. The second-order valence-electron chi connectivity index (χ2n) is 3.82. The van der Waals surface area contributed by atoms with Gasteiger partial charge < -0.3 is 10.4 Å². The van der Waals surface area contributed by atoms with Gasteiger partial charge in [-0.25, -0.2) is 0 Å². The largest absolute Gasteiger partial charge is 0.395 e. The van der Waals surface area contributed by atoms with E-state index in [4.69, 9.17) is 5.11 Å². The highest BCUT2D eigenvalue weighted by molar-refractivity contribution is 5.32. The van der Waals surface area contributed by atoms with Gasteiger partial charge in [0.15, 0.2) is 0 Å². The summed E-state index contributed by atoms with van der Waals surface area (Å²) in [6.45, 7) is 0.914. The van der Waals surface area contributed by atoms with E-state index in [1.54, 1.807) is 0 Å². The monoisotopic (exact) mass is 191 g/mol. The summed E-state index contributed by atoms with van der Waals surface area (Å²) < 4.78 is 0. The predicted molar refractivity (Wildman–Crippen MR) is 57.2 cm³/mol. The second-order valence-corrected chi connectivity index (χ2v) is 3.82. The summed E-state index contributed by atoms with van der Waals surface area (Å²) in [5, 5.41) is 12.2. The maximum atomic E-state index is 8.78. The Bertz CT molecular complexity index is 298. The van der Waals surface area contributed by atoms with Crippen LogP contribution < -0.4 is 5.32 Å². The van der Waals surface area contributed by atoms with E-state index >= 15 is 0 Å². The van der Waals surface area contributed by atoms with Gasteiger partial charge >= 0.3 is 0 Å². The molecule has 1 aliphatic rings. The molecule has 0 radical (unpaired) electrons. The van der Waals surface area contributed by atoms with Gasteiger partial charge in [0.1, 0.15) is 0 Å². The number of rotatable bonds is 3. The lowest BCUT2D eigenvalue weighted by Gasteiger charge is -2.26. The SMILES string of the molecule is OCCN[C@H]1CCCc2ccccc21. The van der Waals surface area contributed by atoms with Crippen molar-refractivity contribution in [3.63, 3.8) is 0 Å². The van der Waals surface area contributed by atoms with E-state index in [0.717, 1.165) is 0 Å². The third kappa shape index (κ3) is 1.97. The Morgan fingerprint density at radius 3 is 3.07 bits per heavy atom. The van der Waals surface area contributed by atoms with E-state index in [-0.39, 0.29) is 6.61 Å². The summed E-state index contributed by atoms with van der Waals surface area (Å²) in [7, 11) is 0. The van der Waals surface area contributed by atoms with Crippen LogP contribution >= 0.6 is 0 Å². The van der Waals surface area contributed by atoms with Gasteiger partial charge in [0, 0.05) is 12.6 Å². The molecule has 2 rings (SSSR count). The van der Waals surface area contributed by atoms with E-state index in [9.17, 15) is 0 Å². The van der Waals surface area contributed by atoms with Gasteiger partial charge in [-0.3, -0.25) is 0 Å². The Kier molecular flexibility index (Phi) is 3.17. The summed E-state index contributed by atoms with van der Waals surface area (Å²) >= 11 is 0. The first-order valence-electron chi connectivity index (χ1n) is 5.34. The first kappa shape index (κ1) is 9.69. The van der Waals surface area contributed by atoms with Gasteiger partial charge in [0.05, 0.1) is 6.61 Å². The summed E-state index contributed by atoms with van der Waals surface area (Å²) in [6, 6.07) is 9.06. The van der Waals surface area contributed by atoms with Crippen molar-refractivity contribution >= 4 is 0 Å². The van der Waals surface area contributed by atoms with Gasteiger partial charge in [-0.1, -0.05) is 24.3 Å². The lowest BCUT2D eigenvalue weighted by atomic mass is 9.88. The molecule has 0 saturated carbocycles. The van der Waals surface area contributed by atoms with Crippen molar-refractivity contribution in [2.75, 3.05) is 13.2 Å². The average molecular weight is 191 g/mol. The fourth-order valence-corrected chi connectivity index (χ4v) is 2.20. The van der Waals surface area contributed by atoms with Crippen molar-refractivity contribution in [1.29, 1.82) is 0 Å². The summed E-state index contributed by atoms with van der Waals surface area (Å²) in [4.78, 5) is 0. The van der Waals surface area contributed by atoms with E-state index in [1.807, 2.05) is 0 Å². The average Bonchev–Trinajstić information content (AvgIpc) is 2.26. The topological polar surface area (TPSA) is 32.3 Å². The van der Waals surface area contributed by atoms with Crippen molar-refractivity contribution in [2.24, 2.45) is 0 Å². The number of hydrogen-bond donors (Lipinski definition) is 2. The van der Waals surface area contributed by atoms with Crippen LogP contribution in [0.5, 0.6) is 0 Å². The molecule has 0 saturated heterocycles. The number of fused-ring (bicyclic) bond motifs is 1. The molecular formula is C12H17NO. The van der Waals surface area contributed by atoms with Crippen LogP contribution in [0, 0.1) is 0 Å². The number of aryl methyl sites for hydroxylation is 1. The van der Waals surface area contributed by atoms with Crippen LogP contribution in [-0.2, 0) is 6.42 Å². The van der Waals surface area contributed by atoms with Crippen LogP contribution in [0.2, 0.25) is 0 Å². The number of aliphatic hydroxyl groups is 1. The Labute approximate surface area is 85.0 Å². The predicted octanol–water partition coefficient (Wildman–Crippen LogP) is 1.65. The molecule has 0 aromatic heterocycles. The molecule has 1 atom stereocenters. The van der Waals surface area contributed by atoms with Crippen LogP contribution in [0.25, 0.3) is 0 Å². The van der Waals surface area contributed by atoms with E-state index in [1.165, 1.54) is 30.4 Å². The van der Waals surface area contributed by atoms with E-state index < -0.39 is 0 Å². The van der Waals surface area contributed by atoms with E-state index in [2.05, 4.69) is 29.6 Å². The summed E-state index contributed by atoms with van der Waals surface area (Å²) in [6.07, 6.45) is 3.64. The molecule has 0 spiro atoms. The molecular weight excluding hydrogens is 174 g/mol. The van der Waals surface area contributed by atoms with Gasteiger partial charge in [0.2, 0.25) is 0 Å². The molecule has 0 amide bonds. The Hall–Kier alpha value is -0.860. The highest BCUT2D eigenvalue weighted by Gasteiger charge is 2.18. The van der Waals surface area contributed by atoms with Crippen molar-refractivity contribution in [1.82, 2.24) is 5.32 Å². The van der Waals surface area contributed by atoms with Crippen LogP contribution in [0.3, 0.4) is 0 Å². The minimum absolute atomic E-state index is 0.221. The van der Waals surface area contributed by atoms with Crippen LogP contribution in [-0.4, -0.2) is 18.3 Å². The quantitative estimate of drug-likeness (QED) is 0.761. The lowest BCUT2D eigenvalue weighted by Crippen LogP contribution is -2.27. The van der Waals surface area contributed by atoms with Crippen molar-refractivity contribution in [3.05, 3.63) is 35.4 Å². The lowest BCUT2D eigenvalue weighted by molar-refractivity contribution is 0.280. The number of benzene rings is 1. The third-order valence-corrected chi connectivity index (χ3v) is 2.87. The molecule has 0 fully saturated rings. The highest BCUT2D eigenvalue weighted by atomic mass is 16.3. The van der Waals surface area contributed by atoms with Gasteiger partial charge in [-0.05, 0) is 30.4 Å². The van der Waals surface area contributed by atoms with Gasteiger partial charge in [-0.2, -0.15) is 0 Å². The third-order valence-electron chi connectivity index (χ3n) is 2.87. The zero-order valence-electron chi connectivity index (χ0n) is 8.37. The molecule has 0 aliphatic heterocycles. The molecule has 0 bridgehead atoms. The number of aliphatic hydroxyl groups excluding tert-OH is 1. The minimum atomic E-state index is 0.221. The van der Waals surface area contributed by atoms with Crippen molar-refractivity contribution in [2.45, 2.75) is 25.3 Å². The molecule has 14 heavy (non-hydrogen) atoms. The first-order valence-corrected chi connectivity index (χ1v) is 5.34. The smallest absolute Gasteiger partial charge is 0.0556 e. The van der Waals surface area contributed by atoms with E-state index in [0.29, 0.717) is 12.6 Å². The van der Waals surface area contributed by atoms with Crippen molar-refractivity contribution in [3.8, 4) is 0 Å². The van der Waals surface area contributed by atoms with Gasteiger partial charge in [0.25, 0.3) is 0 Å². The fraction of sp³-hybridized carbons (Fsp3) is 0.500. The maximum absolute atomic E-state index is 8.78. The molecule has 0 unspecified atom stereocenters. The summed E-state index contributed by atoms with van der Waals surface area (Å²) in [5.41, 5.74) is 2.89. The molecule has 2 N–H and O–H groups in total. The maximum Gasteiger partial charge on any atom is 0.0556 e. The normalized spacial score (nSPS) is 20.5. The number of hydrogen-bond acceptors (Lipinski definition) is 2. The number of nitrogens with one attached hydrogen (secondary N) is 1. The Morgan fingerprint density at radius 2 is 2.21 bits per heavy atom. The molecule has 1 aromatic rings. The molecule has 2 heteroatoms. The van der Waals surface area contributed by atoms with Crippen molar-refractivity contribution < 1.29 is 5.11 Å². The first-order chi connectivity index (χ1) is 6.92. The van der Waals surface area contributed by atoms with Crippen LogP contribution in [0.4, 0.5) is 0 Å². The fourth-order valence-electron chi connectivity index (χ4n) is 2.20. The zero-order valence-corrected chi connectivity index (χ0v) is 8.37. The zero-order chi connectivity index (χ0) is 9.80. The molecule has 76 valence electrons. The van der Waals surface area contributed by atoms with Crippen LogP contribution in [0.1, 0.15) is 30.0 Å². The minimum Gasteiger partial charge on any atom is -0.395 e. The highest BCUT2D eigenvalue weighted by Crippen LogP contribution is 2.28. The standard InChI is InChI=1S/C12H17NO/c14-9-8-13-12-7-3-5-10-4-1-2-6-11(10)12/h1-2,4,6,12-14H,3,5,7-9H2/t12-/m0/s1. The molecule has 1 aliphatic carbocycles. The Morgan fingerprint density at radius 1 is 1.36 bits per heavy atom. The molecule has 1 aromatic carbocycles. The molecule has 0 heterocycles. The Balaban J connectivity index is 2.14. The second kappa shape index (κ2) is 4.58. The summed E-state index contributed by atoms with van der Waals surface area (Å²) in [5.74, 6) is 0. The van der Waals surface area contributed by atoms with Crippen LogP contribution in [0.15, 0.2) is 24.3 Å². The van der Waals surface area contributed by atoms with Gasteiger partial charge in [-0.15, -0.1) is 0 Å².